The van der Waals surface area contributed by atoms with Gasteiger partial charge in [-0.1, -0.05) is 0 Å². The van der Waals surface area contributed by atoms with Crippen LogP contribution >= 0.6 is 11.3 Å². The van der Waals surface area contributed by atoms with Crippen LogP contribution in [0.15, 0.2) is 12.1 Å². The van der Waals surface area contributed by atoms with Gasteiger partial charge in [0.05, 0.1) is 41.2 Å². The zero-order chi connectivity index (χ0) is 14.8. The van der Waals surface area contributed by atoms with E-state index in [1.807, 2.05) is 19.1 Å². The number of rotatable bonds is 2. The highest BCUT2D eigenvalue weighted by molar-refractivity contribution is 7.18. The number of nitrogens with one attached hydrogen (secondary N) is 1. The summed E-state index contributed by atoms with van der Waals surface area (Å²) in [5.74, 6) is 0.620. The van der Waals surface area contributed by atoms with E-state index >= 15 is 0 Å². The molecule has 2 amide bonds. The molecule has 3 rings (SSSR count). The average molecular weight is 307 g/mol. The van der Waals surface area contributed by atoms with E-state index in [4.69, 9.17) is 9.47 Å². The van der Waals surface area contributed by atoms with Crippen LogP contribution in [0.4, 0.5) is 10.5 Å². The van der Waals surface area contributed by atoms with Gasteiger partial charge in [-0.3, -0.25) is 0 Å². The maximum Gasteiger partial charge on any atom is 0.322 e. The van der Waals surface area contributed by atoms with Crippen molar-refractivity contribution in [1.82, 2.24) is 9.88 Å². The lowest BCUT2D eigenvalue weighted by Gasteiger charge is -2.27. The molecule has 112 valence electrons. The van der Waals surface area contributed by atoms with Crippen LogP contribution in [0.5, 0.6) is 5.75 Å². The Morgan fingerprint density at radius 2 is 2.19 bits per heavy atom. The van der Waals surface area contributed by atoms with Gasteiger partial charge in [0.1, 0.15) is 5.75 Å². The molecule has 0 unspecified atom stereocenters. The molecule has 1 aliphatic heterocycles. The number of ether oxygens (including phenoxy) is 2. The van der Waals surface area contributed by atoms with E-state index in [1.165, 1.54) is 0 Å². The smallest absolute Gasteiger partial charge is 0.322 e. The van der Waals surface area contributed by atoms with E-state index in [0.29, 0.717) is 37.7 Å². The van der Waals surface area contributed by atoms with Crippen LogP contribution in [0.2, 0.25) is 0 Å². The molecule has 0 radical (unpaired) electrons. The topological polar surface area (TPSA) is 63.7 Å². The highest BCUT2D eigenvalue weighted by Gasteiger charge is 2.19. The number of carbonyl (C=O) groups is 1. The Labute approximate surface area is 126 Å². The second kappa shape index (κ2) is 5.87. The molecule has 0 atom stereocenters. The zero-order valence-corrected chi connectivity index (χ0v) is 12.8. The van der Waals surface area contributed by atoms with Crippen molar-refractivity contribution in [2.75, 3.05) is 38.7 Å². The van der Waals surface area contributed by atoms with Gasteiger partial charge in [0.15, 0.2) is 0 Å². The Balaban J connectivity index is 1.86. The van der Waals surface area contributed by atoms with Crippen LogP contribution in [0.3, 0.4) is 0 Å². The summed E-state index contributed by atoms with van der Waals surface area (Å²) in [7, 11) is 1.59. The van der Waals surface area contributed by atoms with Crippen molar-refractivity contribution in [2.45, 2.75) is 6.92 Å². The molecular formula is C14H17N3O3S. The normalized spacial score (nSPS) is 15.2. The van der Waals surface area contributed by atoms with Crippen molar-refractivity contribution >= 4 is 33.3 Å². The lowest BCUT2D eigenvalue weighted by atomic mass is 10.2. The number of benzene rings is 1. The van der Waals surface area contributed by atoms with Gasteiger partial charge in [0.25, 0.3) is 0 Å². The van der Waals surface area contributed by atoms with E-state index in [2.05, 4.69) is 10.3 Å². The molecule has 1 N–H and O–H groups in total. The van der Waals surface area contributed by atoms with Crippen LogP contribution < -0.4 is 10.1 Å². The number of anilines is 1. The summed E-state index contributed by atoms with van der Waals surface area (Å²) in [4.78, 5) is 18.4. The largest absolute Gasteiger partial charge is 0.494 e. The SMILES string of the molecule is COc1cc2nc(C)sc2cc1NC(=O)N1CCOCC1. The monoisotopic (exact) mass is 307 g/mol. The Kier molecular flexibility index (Phi) is 3.94. The second-order valence-corrected chi connectivity index (χ2v) is 6.02. The summed E-state index contributed by atoms with van der Waals surface area (Å²) in [5, 5.41) is 3.91. The number of nitrogens with zero attached hydrogens (tertiary/aromatic N) is 2. The minimum Gasteiger partial charge on any atom is -0.494 e. The molecule has 1 fully saturated rings. The Hall–Kier alpha value is -1.86. The van der Waals surface area contributed by atoms with Gasteiger partial charge in [0, 0.05) is 19.2 Å². The van der Waals surface area contributed by atoms with E-state index in [9.17, 15) is 4.79 Å². The minimum absolute atomic E-state index is 0.128. The minimum atomic E-state index is -0.128. The molecule has 1 saturated heterocycles. The summed E-state index contributed by atoms with van der Waals surface area (Å²) >= 11 is 1.60. The number of aryl methyl sites for hydroxylation is 1. The number of hydrogen-bond acceptors (Lipinski definition) is 5. The summed E-state index contributed by atoms with van der Waals surface area (Å²) in [6, 6.07) is 3.64. The quantitative estimate of drug-likeness (QED) is 0.926. The van der Waals surface area contributed by atoms with Gasteiger partial charge in [-0.15, -0.1) is 11.3 Å². The number of carbonyl (C=O) groups excluding carboxylic acids is 1. The fourth-order valence-electron chi connectivity index (χ4n) is 2.30. The number of hydrogen-bond donors (Lipinski definition) is 1. The molecule has 21 heavy (non-hydrogen) atoms. The third kappa shape index (κ3) is 2.93. The molecule has 2 heterocycles. The number of aromatic nitrogens is 1. The summed E-state index contributed by atoms with van der Waals surface area (Å²) < 4.78 is 11.6. The predicted octanol–water partition coefficient (Wildman–Crippen LogP) is 2.48. The standard InChI is InChI=1S/C14H17N3O3S/c1-9-15-11-7-12(19-2)10(8-13(11)21-9)16-14(18)17-3-5-20-6-4-17/h7-8H,3-6H2,1-2H3,(H,16,18). The summed E-state index contributed by atoms with van der Waals surface area (Å²) in [6.07, 6.45) is 0. The van der Waals surface area contributed by atoms with Crippen molar-refractivity contribution in [3.8, 4) is 5.75 Å². The zero-order valence-electron chi connectivity index (χ0n) is 12.0. The van der Waals surface area contributed by atoms with Crippen molar-refractivity contribution in [3.05, 3.63) is 17.1 Å². The number of amides is 2. The van der Waals surface area contributed by atoms with E-state index in [1.54, 1.807) is 23.3 Å². The maximum atomic E-state index is 12.3. The number of methoxy groups -OCH3 is 1. The van der Waals surface area contributed by atoms with Crippen LogP contribution in [-0.2, 0) is 4.74 Å². The summed E-state index contributed by atoms with van der Waals surface area (Å²) in [5.41, 5.74) is 1.56. The molecule has 2 aromatic rings. The Morgan fingerprint density at radius 1 is 1.43 bits per heavy atom. The highest BCUT2D eigenvalue weighted by Crippen LogP contribution is 2.33. The maximum absolute atomic E-state index is 12.3. The fourth-order valence-corrected chi connectivity index (χ4v) is 3.15. The molecular weight excluding hydrogens is 290 g/mol. The molecule has 0 aliphatic carbocycles. The molecule has 1 aliphatic rings. The molecule has 7 heteroatoms. The predicted molar refractivity (Wildman–Crippen MR) is 82.3 cm³/mol. The van der Waals surface area contributed by atoms with Crippen molar-refractivity contribution < 1.29 is 14.3 Å². The van der Waals surface area contributed by atoms with Crippen LogP contribution in [-0.4, -0.2) is 49.3 Å². The molecule has 1 aromatic carbocycles. The number of urea groups is 1. The molecule has 0 bridgehead atoms. The lowest BCUT2D eigenvalue weighted by molar-refractivity contribution is 0.0564. The highest BCUT2D eigenvalue weighted by atomic mass is 32.1. The third-order valence-corrected chi connectivity index (χ3v) is 4.29. The van der Waals surface area contributed by atoms with Crippen LogP contribution in [0.25, 0.3) is 10.2 Å². The van der Waals surface area contributed by atoms with E-state index in [0.717, 1.165) is 15.2 Å². The average Bonchev–Trinajstić information content (AvgIpc) is 2.86. The van der Waals surface area contributed by atoms with Gasteiger partial charge < -0.3 is 19.7 Å². The lowest BCUT2D eigenvalue weighted by Crippen LogP contribution is -2.43. The number of thiazole rings is 1. The van der Waals surface area contributed by atoms with Crippen molar-refractivity contribution in [3.63, 3.8) is 0 Å². The first-order valence-corrected chi connectivity index (χ1v) is 7.58. The second-order valence-electron chi connectivity index (χ2n) is 4.78. The summed E-state index contributed by atoms with van der Waals surface area (Å²) in [6.45, 7) is 4.34. The van der Waals surface area contributed by atoms with Gasteiger partial charge in [0.2, 0.25) is 0 Å². The number of fused-ring (bicyclic) bond motifs is 1. The first-order chi connectivity index (χ1) is 10.2. The van der Waals surface area contributed by atoms with E-state index in [-0.39, 0.29) is 6.03 Å². The van der Waals surface area contributed by atoms with Crippen LogP contribution in [0.1, 0.15) is 5.01 Å². The van der Waals surface area contributed by atoms with Crippen LogP contribution in [0, 0.1) is 6.92 Å². The fraction of sp³-hybridized carbons (Fsp3) is 0.429. The molecule has 6 nitrogen and oxygen atoms in total. The van der Waals surface area contributed by atoms with E-state index < -0.39 is 0 Å². The Morgan fingerprint density at radius 3 is 2.90 bits per heavy atom. The van der Waals surface area contributed by atoms with Gasteiger partial charge in [-0.25, -0.2) is 9.78 Å². The number of morpholine rings is 1. The van der Waals surface area contributed by atoms with Gasteiger partial charge >= 0.3 is 6.03 Å². The molecule has 1 aromatic heterocycles. The Bertz CT molecular complexity index is 665. The first-order valence-electron chi connectivity index (χ1n) is 6.76. The molecule has 0 spiro atoms. The van der Waals surface area contributed by atoms with Gasteiger partial charge in [-0.05, 0) is 13.0 Å². The van der Waals surface area contributed by atoms with Crippen molar-refractivity contribution in [2.24, 2.45) is 0 Å². The van der Waals surface area contributed by atoms with Crippen molar-refractivity contribution in [1.29, 1.82) is 0 Å². The molecule has 0 saturated carbocycles. The third-order valence-electron chi connectivity index (χ3n) is 3.36. The first kappa shape index (κ1) is 14.1. The van der Waals surface area contributed by atoms with Gasteiger partial charge in [-0.2, -0.15) is 0 Å².